The third kappa shape index (κ3) is 4.23. The molecule has 7 heteroatoms. The minimum absolute atomic E-state index is 0.0638. The molecule has 1 heterocycles. The molecule has 21 heavy (non-hydrogen) atoms. The van der Waals surface area contributed by atoms with Gasteiger partial charge in [-0.3, -0.25) is 0 Å². The van der Waals surface area contributed by atoms with Gasteiger partial charge in [0.1, 0.15) is 0 Å². The number of halogens is 1. The van der Waals surface area contributed by atoms with E-state index in [2.05, 4.69) is 5.32 Å². The summed E-state index contributed by atoms with van der Waals surface area (Å²) in [4.78, 5) is 0. The predicted molar refractivity (Wildman–Crippen MR) is 81.8 cm³/mol. The van der Waals surface area contributed by atoms with E-state index in [0.717, 1.165) is 0 Å². The highest BCUT2D eigenvalue weighted by atomic mass is 32.2. The maximum absolute atomic E-state index is 13.7. The van der Waals surface area contributed by atoms with Gasteiger partial charge in [0.05, 0.1) is 29.0 Å². The zero-order chi connectivity index (χ0) is 15.6. The summed E-state index contributed by atoms with van der Waals surface area (Å²) in [5, 5.41) is 3.10. The summed E-state index contributed by atoms with van der Waals surface area (Å²) in [7, 11) is -2.90. The largest absolute Gasteiger partial charge is 0.488 e. The van der Waals surface area contributed by atoms with Crippen LogP contribution in [0, 0.1) is 11.7 Å². The standard InChI is InChI=1S/C14H21FN2O3S/c1-9(2)20-14-6-13(12(16)5-11(14)15)17-7-10-3-4-21(18,19)8-10/h5-6,9-10,17H,3-4,7-8,16H2,1-2H3. The summed E-state index contributed by atoms with van der Waals surface area (Å²) in [5.41, 5.74) is 6.63. The Balaban J connectivity index is 2.06. The van der Waals surface area contributed by atoms with Gasteiger partial charge in [0.2, 0.25) is 0 Å². The number of hydrogen-bond acceptors (Lipinski definition) is 5. The molecule has 0 amide bonds. The fourth-order valence-electron chi connectivity index (χ4n) is 2.35. The Morgan fingerprint density at radius 1 is 1.48 bits per heavy atom. The van der Waals surface area contributed by atoms with Gasteiger partial charge in [-0.05, 0) is 26.2 Å². The van der Waals surface area contributed by atoms with Gasteiger partial charge in [-0.25, -0.2) is 12.8 Å². The number of anilines is 2. The molecule has 0 radical (unpaired) electrons. The van der Waals surface area contributed by atoms with E-state index in [1.165, 1.54) is 12.1 Å². The highest BCUT2D eigenvalue weighted by Gasteiger charge is 2.27. The highest BCUT2D eigenvalue weighted by molar-refractivity contribution is 7.91. The van der Waals surface area contributed by atoms with E-state index >= 15 is 0 Å². The highest BCUT2D eigenvalue weighted by Crippen LogP contribution is 2.29. The van der Waals surface area contributed by atoms with Crippen molar-refractivity contribution in [1.82, 2.24) is 0 Å². The molecule has 0 bridgehead atoms. The topological polar surface area (TPSA) is 81.4 Å². The molecule has 0 aliphatic carbocycles. The number of nitrogens with two attached hydrogens (primary N) is 1. The van der Waals surface area contributed by atoms with Crippen LogP contribution in [0.1, 0.15) is 20.3 Å². The van der Waals surface area contributed by atoms with Crippen LogP contribution in [-0.4, -0.2) is 32.6 Å². The SMILES string of the molecule is CC(C)Oc1cc(NCC2CCS(=O)(=O)C2)c(N)cc1F. The van der Waals surface area contributed by atoms with Crippen molar-refractivity contribution in [2.45, 2.75) is 26.4 Å². The molecule has 1 aromatic rings. The Hall–Kier alpha value is -1.50. The van der Waals surface area contributed by atoms with Crippen molar-refractivity contribution in [2.75, 3.05) is 29.1 Å². The van der Waals surface area contributed by atoms with Crippen LogP contribution in [0.2, 0.25) is 0 Å². The number of ether oxygens (including phenoxy) is 1. The van der Waals surface area contributed by atoms with Gasteiger partial charge in [0.25, 0.3) is 0 Å². The first-order valence-corrected chi connectivity index (χ1v) is 8.79. The molecule has 118 valence electrons. The third-order valence-electron chi connectivity index (χ3n) is 3.37. The summed E-state index contributed by atoms with van der Waals surface area (Å²) in [5.74, 6) is 0.126. The van der Waals surface area contributed by atoms with Gasteiger partial charge in [-0.15, -0.1) is 0 Å². The maximum Gasteiger partial charge on any atom is 0.167 e. The monoisotopic (exact) mass is 316 g/mol. The number of nitrogen functional groups attached to an aromatic ring is 1. The Kier molecular flexibility index (Phi) is 4.61. The van der Waals surface area contributed by atoms with Crippen molar-refractivity contribution in [3.8, 4) is 5.75 Å². The third-order valence-corrected chi connectivity index (χ3v) is 5.21. The van der Waals surface area contributed by atoms with Gasteiger partial charge in [-0.1, -0.05) is 0 Å². The van der Waals surface area contributed by atoms with Crippen molar-refractivity contribution in [2.24, 2.45) is 5.92 Å². The molecular weight excluding hydrogens is 295 g/mol. The van der Waals surface area contributed by atoms with Crippen LogP contribution in [0.5, 0.6) is 5.75 Å². The van der Waals surface area contributed by atoms with Crippen LogP contribution >= 0.6 is 0 Å². The first kappa shape index (κ1) is 15.9. The van der Waals surface area contributed by atoms with E-state index in [0.29, 0.717) is 18.7 Å². The van der Waals surface area contributed by atoms with Crippen LogP contribution in [0.3, 0.4) is 0 Å². The maximum atomic E-state index is 13.7. The van der Waals surface area contributed by atoms with E-state index in [-0.39, 0.29) is 35.0 Å². The lowest BCUT2D eigenvalue weighted by molar-refractivity contribution is 0.231. The Bertz CT molecular complexity index is 617. The summed E-state index contributed by atoms with van der Waals surface area (Å²) >= 11 is 0. The summed E-state index contributed by atoms with van der Waals surface area (Å²) in [6.07, 6.45) is 0.502. The van der Waals surface area contributed by atoms with E-state index in [4.69, 9.17) is 10.5 Å². The Morgan fingerprint density at radius 2 is 2.19 bits per heavy atom. The van der Waals surface area contributed by atoms with Gasteiger partial charge in [0, 0.05) is 18.7 Å². The normalized spacial score (nSPS) is 20.7. The van der Waals surface area contributed by atoms with Crippen LogP contribution in [0.4, 0.5) is 15.8 Å². The fraction of sp³-hybridized carbons (Fsp3) is 0.571. The molecule has 1 fully saturated rings. The van der Waals surface area contributed by atoms with Crippen LogP contribution in [0.25, 0.3) is 0 Å². The molecule has 0 spiro atoms. The molecule has 1 saturated heterocycles. The van der Waals surface area contributed by atoms with Crippen molar-refractivity contribution in [3.05, 3.63) is 17.9 Å². The van der Waals surface area contributed by atoms with E-state index in [9.17, 15) is 12.8 Å². The van der Waals surface area contributed by atoms with Crippen molar-refractivity contribution in [1.29, 1.82) is 0 Å². The van der Waals surface area contributed by atoms with Gasteiger partial charge in [-0.2, -0.15) is 0 Å². The quantitative estimate of drug-likeness (QED) is 0.813. The molecule has 1 unspecified atom stereocenters. The molecule has 0 saturated carbocycles. The van der Waals surface area contributed by atoms with Crippen LogP contribution in [-0.2, 0) is 9.84 Å². The molecule has 1 aliphatic rings. The van der Waals surface area contributed by atoms with E-state index in [1.807, 2.05) is 13.8 Å². The van der Waals surface area contributed by atoms with Crippen LogP contribution in [0.15, 0.2) is 12.1 Å². The van der Waals surface area contributed by atoms with E-state index < -0.39 is 15.7 Å². The van der Waals surface area contributed by atoms with Gasteiger partial charge < -0.3 is 15.8 Å². The zero-order valence-electron chi connectivity index (χ0n) is 12.2. The van der Waals surface area contributed by atoms with Crippen molar-refractivity contribution in [3.63, 3.8) is 0 Å². The van der Waals surface area contributed by atoms with Crippen molar-refractivity contribution < 1.29 is 17.5 Å². The number of sulfone groups is 1. The minimum Gasteiger partial charge on any atom is -0.488 e. The van der Waals surface area contributed by atoms with Gasteiger partial charge in [0.15, 0.2) is 21.4 Å². The summed E-state index contributed by atoms with van der Waals surface area (Å²) < 4.78 is 41.9. The van der Waals surface area contributed by atoms with Crippen molar-refractivity contribution >= 4 is 21.2 Å². The average Bonchev–Trinajstić information content (AvgIpc) is 2.70. The Morgan fingerprint density at radius 3 is 2.76 bits per heavy atom. The lowest BCUT2D eigenvalue weighted by Gasteiger charge is -2.16. The first-order valence-electron chi connectivity index (χ1n) is 6.97. The summed E-state index contributed by atoms with van der Waals surface area (Å²) in [6, 6.07) is 2.74. The molecule has 0 aromatic heterocycles. The van der Waals surface area contributed by atoms with E-state index in [1.54, 1.807) is 0 Å². The molecule has 1 aromatic carbocycles. The van der Waals surface area contributed by atoms with Crippen LogP contribution < -0.4 is 15.8 Å². The second kappa shape index (κ2) is 6.09. The summed E-state index contributed by atoms with van der Waals surface area (Å²) in [6.45, 7) is 4.12. The molecule has 1 atom stereocenters. The molecule has 5 nitrogen and oxygen atoms in total. The lowest BCUT2D eigenvalue weighted by atomic mass is 10.1. The number of rotatable bonds is 5. The number of benzene rings is 1. The van der Waals surface area contributed by atoms with Gasteiger partial charge >= 0.3 is 0 Å². The molecule has 2 rings (SSSR count). The smallest absolute Gasteiger partial charge is 0.167 e. The molecule has 1 aliphatic heterocycles. The Labute approximate surface area is 124 Å². The zero-order valence-corrected chi connectivity index (χ0v) is 13.0. The molecular formula is C14H21FN2O3S. The average molecular weight is 316 g/mol. The molecule has 3 N–H and O–H groups in total. The fourth-order valence-corrected chi connectivity index (χ4v) is 4.22. The second-order valence-corrected chi connectivity index (χ2v) is 7.92. The minimum atomic E-state index is -2.90. The first-order chi connectivity index (χ1) is 9.77. The predicted octanol–water partition coefficient (Wildman–Crippen LogP) is 2.04. The number of hydrogen-bond donors (Lipinski definition) is 2. The number of nitrogens with one attached hydrogen (secondary N) is 1. The second-order valence-electron chi connectivity index (χ2n) is 5.69. The lowest BCUT2D eigenvalue weighted by Crippen LogP contribution is -2.16.